The van der Waals surface area contributed by atoms with E-state index < -0.39 is 5.97 Å². The smallest absolute Gasteiger partial charge is 0.231 e. The highest BCUT2D eigenvalue weighted by atomic mass is 16.4. The van der Waals surface area contributed by atoms with Crippen molar-refractivity contribution in [1.29, 1.82) is 0 Å². The number of carbonyl (C=O) groups excluding carboxylic acids is 2. The van der Waals surface area contributed by atoms with E-state index in [0.29, 0.717) is 17.7 Å². The maximum Gasteiger partial charge on any atom is 0.231 e. The molecule has 0 saturated carbocycles. The average Bonchev–Trinajstić information content (AvgIpc) is 2.50. The Kier molecular flexibility index (Phi) is 5.31. The van der Waals surface area contributed by atoms with Crippen LogP contribution in [0.15, 0.2) is 54.6 Å². The van der Waals surface area contributed by atoms with Crippen molar-refractivity contribution in [2.45, 2.75) is 25.7 Å². The van der Waals surface area contributed by atoms with E-state index in [1.165, 1.54) is 0 Å². The Bertz CT molecular complexity index is 635. The monoisotopic (exact) mass is 296 g/mol. The first-order valence-electron chi connectivity index (χ1n) is 7.24. The second kappa shape index (κ2) is 7.41. The summed E-state index contributed by atoms with van der Waals surface area (Å²) in [7, 11) is 0. The Hall–Kier alpha value is -2.62. The van der Waals surface area contributed by atoms with Crippen molar-refractivity contribution < 1.29 is 14.7 Å². The molecule has 0 radical (unpaired) electrons. The molecule has 0 spiro atoms. The van der Waals surface area contributed by atoms with E-state index in [9.17, 15) is 14.7 Å². The number of carboxylic acids is 1. The third kappa shape index (κ3) is 4.19. The molecule has 0 aliphatic carbocycles. The fraction of sp³-hybridized carbons (Fsp3) is 0.222. The molecular weight excluding hydrogens is 278 g/mol. The van der Waals surface area contributed by atoms with Gasteiger partial charge in [0.05, 0.1) is 5.92 Å². The fourth-order valence-corrected chi connectivity index (χ4v) is 2.36. The third-order valence-corrected chi connectivity index (χ3v) is 3.50. The number of hydrogen-bond donors (Lipinski definition) is 1. The Morgan fingerprint density at radius 3 is 2.23 bits per heavy atom. The summed E-state index contributed by atoms with van der Waals surface area (Å²) in [5, 5.41) is 13.4. The average molecular weight is 296 g/mol. The molecule has 2 aromatic rings. The zero-order valence-electron chi connectivity index (χ0n) is 12.4. The minimum Gasteiger partial charge on any atom is -0.550 e. The van der Waals surface area contributed by atoms with Gasteiger partial charge in [-0.2, -0.15) is 0 Å². The number of nitrogens with one attached hydrogen (secondary N) is 1. The van der Waals surface area contributed by atoms with Crippen LogP contribution in [0.2, 0.25) is 0 Å². The van der Waals surface area contributed by atoms with E-state index in [4.69, 9.17) is 0 Å². The lowest BCUT2D eigenvalue weighted by molar-refractivity contribution is -0.304. The van der Waals surface area contributed by atoms with E-state index in [1.54, 1.807) is 24.3 Å². The maximum absolute atomic E-state index is 12.4. The Morgan fingerprint density at radius 2 is 1.68 bits per heavy atom. The molecule has 0 saturated heterocycles. The second-order valence-electron chi connectivity index (χ2n) is 5.11. The first-order valence-corrected chi connectivity index (χ1v) is 7.24. The summed E-state index contributed by atoms with van der Waals surface area (Å²) < 4.78 is 0. The van der Waals surface area contributed by atoms with Crippen molar-refractivity contribution in [3.8, 4) is 0 Å². The number of rotatable bonds is 6. The van der Waals surface area contributed by atoms with Crippen LogP contribution in [0.3, 0.4) is 0 Å². The molecule has 4 heteroatoms. The molecule has 0 unspecified atom stereocenters. The number of carboxylic acid groups (broad SMARTS) is 1. The molecule has 0 aromatic heterocycles. The molecule has 0 fully saturated rings. The van der Waals surface area contributed by atoms with Crippen molar-refractivity contribution in [3.05, 3.63) is 65.7 Å². The van der Waals surface area contributed by atoms with Gasteiger partial charge < -0.3 is 15.2 Å². The quantitative estimate of drug-likeness (QED) is 0.887. The van der Waals surface area contributed by atoms with Crippen LogP contribution in [0.4, 0.5) is 5.69 Å². The predicted molar refractivity (Wildman–Crippen MR) is 83.3 cm³/mol. The number of hydrogen-bond acceptors (Lipinski definition) is 3. The first kappa shape index (κ1) is 15.8. The molecule has 1 atom stereocenters. The van der Waals surface area contributed by atoms with Gasteiger partial charge in [0.15, 0.2) is 0 Å². The standard InChI is InChI=1S/C18H19NO3/c1-2-16(14-6-4-3-5-7-14)18(22)19-15-10-8-13(9-11-15)12-17(20)21/h3-11,16H,2,12H2,1H3,(H,19,22)(H,20,21)/p-1/t16-/m0/s1. The van der Waals surface area contributed by atoms with Crippen LogP contribution in [-0.2, 0) is 16.0 Å². The number of aliphatic carboxylic acids is 1. The van der Waals surface area contributed by atoms with Gasteiger partial charge in [-0.15, -0.1) is 0 Å². The van der Waals surface area contributed by atoms with Crippen molar-refractivity contribution in [3.63, 3.8) is 0 Å². The van der Waals surface area contributed by atoms with Gasteiger partial charge >= 0.3 is 0 Å². The lowest BCUT2D eigenvalue weighted by Gasteiger charge is -2.15. The SMILES string of the molecule is CC[C@H](C(=O)Nc1ccc(CC(=O)[O-])cc1)c1ccccc1. The van der Waals surface area contributed by atoms with E-state index in [-0.39, 0.29) is 18.2 Å². The molecular formula is C18H18NO3-. The van der Waals surface area contributed by atoms with Crippen LogP contribution in [0.5, 0.6) is 0 Å². The largest absolute Gasteiger partial charge is 0.550 e. The summed E-state index contributed by atoms with van der Waals surface area (Å²) >= 11 is 0. The molecule has 0 heterocycles. The molecule has 2 rings (SSSR count). The Morgan fingerprint density at radius 1 is 1.05 bits per heavy atom. The lowest BCUT2D eigenvalue weighted by Crippen LogP contribution is -2.24. The van der Waals surface area contributed by atoms with Gasteiger partial charge in [-0.1, -0.05) is 49.4 Å². The maximum atomic E-state index is 12.4. The normalized spacial score (nSPS) is 11.7. The number of amides is 1. The summed E-state index contributed by atoms with van der Waals surface area (Å²) in [6, 6.07) is 16.4. The summed E-state index contributed by atoms with van der Waals surface area (Å²) in [5.74, 6) is -1.39. The molecule has 4 nitrogen and oxygen atoms in total. The van der Waals surface area contributed by atoms with Gasteiger partial charge in [0, 0.05) is 18.1 Å². The topological polar surface area (TPSA) is 69.2 Å². The summed E-state index contributed by atoms with van der Waals surface area (Å²) in [6.45, 7) is 1.97. The first-order chi connectivity index (χ1) is 10.6. The van der Waals surface area contributed by atoms with Crippen LogP contribution in [0.1, 0.15) is 30.4 Å². The van der Waals surface area contributed by atoms with Crippen molar-refractivity contribution in [2.75, 3.05) is 5.32 Å². The number of anilines is 1. The number of carbonyl (C=O) groups is 2. The van der Waals surface area contributed by atoms with Crippen LogP contribution >= 0.6 is 0 Å². The molecule has 0 bridgehead atoms. The third-order valence-electron chi connectivity index (χ3n) is 3.50. The van der Waals surface area contributed by atoms with Gasteiger partial charge in [-0.05, 0) is 29.7 Å². The summed E-state index contributed by atoms with van der Waals surface area (Å²) in [4.78, 5) is 22.9. The highest BCUT2D eigenvalue weighted by molar-refractivity contribution is 5.95. The van der Waals surface area contributed by atoms with Crippen molar-refractivity contribution in [1.82, 2.24) is 0 Å². The van der Waals surface area contributed by atoms with E-state index >= 15 is 0 Å². The van der Waals surface area contributed by atoms with Crippen LogP contribution in [0, 0.1) is 0 Å². The van der Waals surface area contributed by atoms with Crippen LogP contribution in [0.25, 0.3) is 0 Å². The van der Waals surface area contributed by atoms with Crippen molar-refractivity contribution in [2.24, 2.45) is 0 Å². The fourth-order valence-electron chi connectivity index (χ4n) is 2.36. The highest BCUT2D eigenvalue weighted by Gasteiger charge is 2.18. The molecule has 0 aliphatic rings. The zero-order chi connectivity index (χ0) is 15.9. The van der Waals surface area contributed by atoms with Gasteiger partial charge in [0.25, 0.3) is 0 Å². The highest BCUT2D eigenvalue weighted by Crippen LogP contribution is 2.21. The van der Waals surface area contributed by atoms with Crippen LogP contribution in [-0.4, -0.2) is 11.9 Å². The molecule has 2 aromatic carbocycles. The van der Waals surface area contributed by atoms with Crippen molar-refractivity contribution >= 4 is 17.6 Å². The van der Waals surface area contributed by atoms with E-state index in [2.05, 4.69) is 5.32 Å². The van der Waals surface area contributed by atoms with Crippen LogP contribution < -0.4 is 10.4 Å². The minimum absolute atomic E-state index is 0.0682. The molecule has 1 amide bonds. The zero-order valence-corrected chi connectivity index (χ0v) is 12.4. The van der Waals surface area contributed by atoms with Gasteiger partial charge in [0.2, 0.25) is 5.91 Å². The minimum atomic E-state index is -1.12. The van der Waals surface area contributed by atoms with Gasteiger partial charge in [0.1, 0.15) is 0 Å². The Labute approximate surface area is 129 Å². The molecule has 0 aliphatic heterocycles. The van der Waals surface area contributed by atoms with E-state index in [0.717, 1.165) is 5.56 Å². The summed E-state index contributed by atoms with van der Waals surface area (Å²) in [5.41, 5.74) is 2.28. The van der Waals surface area contributed by atoms with Gasteiger partial charge in [-0.3, -0.25) is 4.79 Å². The molecule has 1 N–H and O–H groups in total. The van der Waals surface area contributed by atoms with Gasteiger partial charge in [-0.25, -0.2) is 0 Å². The van der Waals surface area contributed by atoms with E-state index in [1.807, 2.05) is 37.3 Å². The lowest BCUT2D eigenvalue weighted by atomic mass is 9.95. The molecule has 22 heavy (non-hydrogen) atoms. The molecule has 114 valence electrons. The Balaban J connectivity index is 2.05. The second-order valence-corrected chi connectivity index (χ2v) is 5.11. The predicted octanol–water partition coefficient (Wildman–Crippen LogP) is 2.11. The summed E-state index contributed by atoms with van der Waals surface area (Å²) in [6.07, 6.45) is 0.578. The number of benzene rings is 2.